The summed E-state index contributed by atoms with van der Waals surface area (Å²) in [4.78, 5) is 12.0. The molecule has 3 N–H and O–H groups in total. The first-order chi connectivity index (χ1) is 10.1. The van der Waals surface area contributed by atoms with Crippen LogP contribution >= 0.6 is 0 Å². The Bertz CT molecular complexity index is 481. The number of hydrogen-bond donors (Lipinski definition) is 3. The Hall–Kier alpha value is -1.55. The predicted molar refractivity (Wildman–Crippen MR) is 82.0 cm³/mol. The number of carbonyl (C=O) groups is 1. The van der Waals surface area contributed by atoms with E-state index in [2.05, 4.69) is 22.8 Å². The summed E-state index contributed by atoms with van der Waals surface area (Å²) in [6, 6.07) is 10.3. The Morgan fingerprint density at radius 3 is 2.57 bits per heavy atom. The maximum Gasteiger partial charge on any atom is 0.315 e. The van der Waals surface area contributed by atoms with Crippen molar-refractivity contribution in [3.8, 4) is 0 Å². The van der Waals surface area contributed by atoms with E-state index in [1.165, 1.54) is 18.4 Å². The van der Waals surface area contributed by atoms with Crippen molar-refractivity contribution >= 4 is 6.03 Å². The van der Waals surface area contributed by atoms with E-state index >= 15 is 0 Å². The number of carbonyl (C=O) groups excluding carboxylic acids is 1. The SMILES string of the molecule is O=C(NCC1(O)CCC1)NC(Cc1ccccc1)C1CC1. The number of benzene rings is 1. The molecule has 0 aliphatic heterocycles. The number of aliphatic hydroxyl groups is 1. The number of hydrogen-bond acceptors (Lipinski definition) is 2. The average Bonchev–Trinajstić information content (AvgIpc) is 3.28. The van der Waals surface area contributed by atoms with Crippen molar-refractivity contribution in [1.29, 1.82) is 0 Å². The smallest absolute Gasteiger partial charge is 0.315 e. The lowest BCUT2D eigenvalue weighted by atomic mass is 9.80. The number of amides is 2. The molecule has 4 heteroatoms. The Morgan fingerprint density at radius 2 is 2.00 bits per heavy atom. The summed E-state index contributed by atoms with van der Waals surface area (Å²) < 4.78 is 0. The first-order valence-corrected chi connectivity index (χ1v) is 7.95. The van der Waals surface area contributed by atoms with Gasteiger partial charge in [-0.1, -0.05) is 30.3 Å². The number of nitrogens with one attached hydrogen (secondary N) is 2. The topological polar surface area (TPSA) is 61.4 Å². The highest BCUT2D eigenvalue weighted by Crippen LogP contribution is 2.34. The average molecular weight is 288 g/mol. The molecule has 2 saturated carbocycles. The molecule has 2 amide bonds. The first-order valence-electron chi connectivity index (χ1n) is 7.95. The lowest BCUT2D eigenvalue weighted by molar-refractivity contribution is -0.0290. The van der Waals surface area contributed by atoms with Gasteiger partial charge in [0, 0.05) is 12.6 Å². The molecule has 21 heavy (non-hydrogen) atoms. The molecule has 1 atom stereocenters. The summed E-state index contributed by atoms with van der Waals surface area (Å²) in [7, 11) is 0. The zero-order valence-corrected chi connectivity index (χ0v) is 12.3. The van der Waals surface area contributed by atoms with E-state index in [0.29, 0.717) is 12.5 Å². The standard InChI is InChI=1S/C17H24N2O2/c20-16(18-12-17(21)9-4-10-17)19-15(14-7-8-14)11-13-5-2-1-3-6-13/h1-3,5-6,14-15,21H,4,7-12H2,(H2,18,19,20). The molecular weight excluding hydrogens is 264 g/mol. The summed E-state index contributed by atoms with van der Waals surface area (Å²) in [5.74, 6) is 0.600. The highest BCUT2D eigenvalue weighted by atomic mass is 16.3. The fourth-order valence-electron chi connectivity index (χ4n) is 2.93. The highest BCUT2D eigenvalue weighted by Gasteiger charge is 2.35. The van der Waals surface area contributed by atoms with Gasteiger partial charge in [0.15, 0.2) is 0 Å². The molecule has 0 bridgehead atoms. The van der Waals surface area contributed by atoms with Gasteiger partial charge in [-0.15, -0.1) is 0 Å². The number of rotatable bonds is 6. The molecule has 1 aromatic carbocycles. The minimum atomic E-state index is -0.661. The third-order valence-electron chi connectivity index (χ3n) is 4.67. The van der Waals surface area contributed by atoms with Crippen molar-refractivity contribution in [2.75, 3.05) is 6.54 Å². The molecule has 2 aliphatic carbocycles. The Balaban J connectivity index is 1.49. The van der Waals surface area contributed by atoms with Crippen LogP contribution in [0.2, 0.25) is 0 Å². The van der Waals surface area contributed by atoms with E-state index in [4.69, 9.17) is 0 Å². The van der Waals surface area contributed by atoms with Gasteiger partial charge in [0.25, 0.3) is 0 Å². The van der Waals surface area contributed by atoms with Crippen LogP contribution in [-0.2, 0) is 6.42 Å². The van der Waals surface area contributed by atoms with Crippen LogP contribution in [0.1, 0.15) is 37.7 Å². The van der Waals surface area contributed by atoms with Gasteiger partial charge >= 0.3 is 6.03 Å². The van der Waals surface area contributed by atoms with Gasteiger partial charge in [-0.3, -0.25) is 0 Å². The third-order valence-corrected chi connectivity index (χ3v) is 4.67. The molecular formula is C17H24N2O2. The second-order valence-electron chi connectivity index (χ2n) is 6.54. The quantitative estimate of drug-likeness (QED) is 0.751. The molecule has 1 aromatic rings. The Morgan fingerprint density at radius 1 is 1.29 bits per heavy atom. The van der Waals surface area contributed by atoms with Gasteiger partial charge < -0.3 is 15.7 Å². The van der Waals surface area contributed by atoms with Crippen LogP contribution in [0.4, 0.5) is 4.79 Å². The van der Waals surface area contributed by atoms with E-state index in [1.807, 2.05) is 18.2 Å². The molecule has 2 aliphatic rings. The fraction of sp³-hybridized carbons (Fsp3) is 0.588. The van der Waals surface area contributed by atoms with Crippen LogP contribution in [-0.4, -0.2) is 29.3 Å². The van der Waals surface area contributed by atoms with Crippen LogP contribution < -0.4 is 10.6 Å². The van der Waals surface area contributed by atoms with Gasteiger partial charge in [0.05, 0.1) is 5.60 Å². The number of urea groups is 1. The van der Waals surface area contributed by atoms with Gasteiger partial charge in [-0.2, -0.15) is 0 Å². The Labute approximate surface area is 125 Å². The highest BCUT2D eigenvalue weighted by molar-refractivity contribution is 5.74. The second kappa shape index (κ2) is 6.06. The molecule has 0 spiro atoms. The maximum absolute atomic E-state index is 12.0. The van der Waals surface area contributed by atoms with Crippen molar-refractivity contribution in [3.05, 3.63) is 35.9 Å². The van der Waals surface area contributed by atoms with Gasteiger partial charge in [-0.25, -0.2) is 4.79 Å². The van der Waals surface area contributed by atoms with Crippen molar-refractivity contribution < 1.29 is 9.90 Å². The van der Waals surface area contributed by atoms with E-state index in [-0.39, 0.29) is 12.1 Å². The van der Waals surface area contributed by atoms with Crippen LogP contribution in [0.3, 0.4) is 0 Å². The van der Waals surface area contributed by atoms with Crippen LogP contribution in [0.5, 0.6) is 0 Å². The summed E-state index contributed by atoms with van der Waals surface area (Å²) >= 11 is 0. The maximum atomic E-state index is 12.0. The van der Waals surface area contributed by atoms with Crippen molar-refractivity contribution in [2.45, 2.75) is 50.2 Å². The molecule has 0 aromatic heterocycles. The van der Waals surface area contributed by atoms with E-state index < -0.39 is 5.60 Å². The molecule has 0 heterocycles. The molecule has 2 fully saturated rings. The van der Waals surface area contributed by atoms with E-state index in [1.54, 1.807) is 0 Å². The molecule has 0 radical (unpaired) electrons. The summed E-state index contributed by atoms with van der Waals surface area (Å²) in [6.07, 6.45) is 5.91. The molecule has 1 unspecified atom stereocenters. The summed E-state index contributed by atoms with van der Waals surface area (Å²) in [6.45, 7) is 0.363. The van der Waals surface area contributed by atoms with Crippen molar-refractivity contribution in [1.82, 2.24) is 10.6 Å². The van der Waals surface area contributed by atoms with Crippen LogP contribution in [0.15, 0.2) is 30.3 Å². The lowest BCUT2D eigenvalue weighted by Gasteiger charge is -2.36. The van der Waals surface area contributed by atoms with Crippen molar-refractivity contribution in [2.24, 2.45) is 5.92 Å². The van der Waals surface area contributed by atoms with Crippen molar-refractivity contribution in [3.63, 3.8) is 0 Å². The lowest BCUT2D eigenvalue weighted by Crippen LogP contribution is -2.52. The van der Waals surface area contributed by atoms with Gasteiger partial charge in [0.1, 0.15) is 0 Å². The predicted octanol–water partition coefficient (Wildman–Crippen LogP) is 2.22. The normalized spacial score (nSPS) is 21.2. The van der Waals surface area contributed by atoms with E-state index in [0.717, 1.165) is 25.7 Å². The minimum Gasteiger partial charge on any atom is -0.388 e. The fourth-order valence-corrected chi connectivity index (χ4v) is 2.93. The zero-order chi connectivity index (χ0) is 14.7. The third kappa shape index (κ3) is 3.97. The molecule has 0 saturated heterocycles. The largest absolute Gasteiger partial charge is 0.388 e. The van der Waals surface area contributed by atoms with Crippen LogP contribution in [0.25, 0.3) is 0 Å². The second-order valence-corrected chi connectivity index (χ2v) is 6.54. The minimum absolute atomic E-state index is 0.150. The van der Waals surface area contributed by atoms with Crippen LogP contribution in [0, 0.1) is 5.92 Å². The van der Waals surface area contributed by atoms with Gasteiger partial charge in [-0.05, 0) is 50.0 Å². The molecule has 4 nitrogen and oxygen atoms in total. The molecule has 114 valence electrons. The Kier molecular flexibility index (Phi) is 4.15. The van der Waals surface area contributed by atoms with Gasteiger partial charge in [0.2, 0.25) is 0 Å². The summed E-state index contributed by atoms with van der Waals surface area (Å²) in [5, 5.41) is 15.9. The monoisotopic (exact) mass is 288 g/mol. The van der Waals surface area contributed by atoms with E-state index in [9.17, 15) is 9.90 Å². The summed E-state index contributed by atoms with van der Waals surface area (Å²) in [5.41, 5.74) is 0.596. The molecule has 3 rings (SSSR count). The zero-order valence-electron chi connectivity index (χ0n) is 12.3. The first kappa shape index (κ1) is 14.4.